The topological polar surface area (TPSA) is 92.8 Å². The maximum Gasteiger partial charge on any atom is 0.338 e. The smallest absolute Gasteiger partial charge is 0.338 e. The Morgan fingerprint density at radius 3 is 2.47 bits per heavy atom. The predicted molar refractivity (Wildman–Crippen MR) is 130 cm³/mol. The third-order valence-corrected chi connectivity index (χ3v) is 8.52. The van der Waals surface area contributed by atoms with Gasteiger partial charge in [-0.2, -0.15) is 0 Å². The molecule has 34 heavy (non-hydrogen) atoms. The van der Waals surface area contributed by atoms with Crippen molar-refractivity contribution < 1.29 is 22.7 Å². The summed E-state index contributed by atoms with van der Waals surface area (Å²) in [5, 5.41) is 2.88. The second-order valence-electron chi connectivity index (χ2n) is 9.13. The average molecular weight is 485 g/mol. The van der Waals surface area contributed by atoms with E-state index >= 15 is 0 Å². The number of nitrogens with one attached hydrogen (secondary N) is 1. The number of hydrogen-bond donors (Lipinski definition) is 1. The van der Waals surface area contributed by atoms with Crippen LogP contribution in [-0.4, -0.2) is 39.5 Å². The number of carbonyl (C=O) groups excluding carboxylic acids is 2. The minimum absolute atomic E-state index is 0.110. The molecule has 2 aromatic rings. The number of anilines is 1. The molecule has 0 bridgehead atoms. The van der Waals surface area contributed by atoms with Gasteiger partial charge in [-0.05, 0) is 74.4 Å². The van der Waals surface area contributed by atoms with E-state index in [0.717, 1.165) is 31.2 Å². The molecule has 182 valence electrons. The molecule has 1 saturated carbocycles. The first-order valence-corrected chi connectivity index (χ1v) is 13.5. The normalized spacial score (nSPS) is 17.5. The molecule has 1 heterocycles. The molecule has 0 aromatic heterocycles. The molecule has 8 heteroatoms. The number of sulfonamides is 1. The van der Waals surface area contributed by atoms with Crippen LogP contribution in [-0.2, 0) is 26.0 Å². The van der Waals surface area contributed by atoms with Crippen molar-refractivity contribution in [2.24, 2.45) is 5.92 Å². The molecular weight excluding hydrogens is 452 g/mol. The minimum Gasteiger partial charge on any atom is -0.449 e. The van der Waals surface area contributed by atoms with Crippen LogP contribution in [0.1, 0.15) is 61.4 Å². The quantitative estimate of drug-likeness (QED) is 0.598. The maximum atomic E-state index is 13.3. The van der Waals surface area contributed by atoms with Crippen molar-refractivity contribution in [2.45, 2.75) is 62.9 Å². The Hall–Kier alpha value is -2.87. The number of ether oxygens (including phenoxy) is 1. The SMILES string of the molecule is C[C@H](OC(=O)c1ccc(S(=O)(=O)N2CCCc3ccccc32)cc1)C(=O)NCC1CCCCC1. The number of amides is 1. The average Bonchev–Trinajstić information content (AvgIpc) is 2.87. The second-order valence-corrected chi connectivity index (χ2v) is 11.0. The molecule has 1 aliphatic carbocycles. The standard InChI is InChI=1S/C26H32N2O5S/c1-19(25(29)27-18-20-8-3-2-4-9-20)33-26(30)22-13-15-23(16-14-22)34(31,32)28-17-7-11-21-10-5-6-12-24(21)28/h5-6,10,12-16,19-20H,2-4,7-9,11,17-18H2,1H3,(H,27,29)/t19-/m0/s1. The molecule has 2 aromatic carbocycles. The zero-order valence-electron chi connectivity index (χ0n) is 19.5. The number of fused-ring (bicyclic) bond motifs is 1. The molecule has 2 aliphatic rings. The van der Waals surface area contributed by atoms with Gasteiger partial charge in [-0.25, -0.2) is 13.2 Å². The highest BCUT2D eigenvalue weighted by atomic mass is 32.2. The van der Waals surface area contributed by atoms with Crippen LogP contribution in [0.15, 0.2) is 53.4 Å². The largest absolute Gasteiger partial charge is 0.449 e. The third-order valence-electron chi connectivity index (χ3n) is 6.69. The molecule has 1 fully saturated rings. The summed E-state index contributed by atoms with van der Waals surface area (Å²) in [7, 11) is -3.76. The lowest BCUT2D eigenvalue weighted by Crippen LogP contribution is -2.38. The number of carbonyl (C=O) groups is 2. The van der Waals surface area contributed by atoms with Gasteiger partial charge in [0.2, 0.25) is 0 Å². The second kappa shape index (κ2) is 10.6. The number of esters is 1. The number of benzene rings is 2. The Morgan fingerprint density at radius 1 is 1.03 bits per heavy atom. The van der Waals surface area contributed by atoms with Crippen molar-refractivity contribution in [1.82, 2.24) is 5.32 Å². The van der Waals surface area contributed by atoms with E-state index in [1.807, 2.05) is 24.3 Å². The lowest BCUT2D eigenvalue weighted by atomic mass is 9.89. The van der Waals surface area contributed by atoms with E-state index in [-0.39, 0.29) is 16.4 Å². The molecule has 1 amide bonds. The first-order chi connectivity index (χ1) is 16.4. The number of nitrogens with zero attached hydrogens (tertiary/aromatic N) is 1. The van der Waals surface area contributed by atoms with Crippen LogP contribution in [0.2, 0.25) is 0 Å². The van der Waals surface area contributed by atoms with Gasteiger partial charge in [-0.3, -0.25) is 9.10 Å². The summed E-state index contributed by atoms with van der Waals surface area (Å²) in [4.78, 5) is 25.0. The Bertz CT molecular complexity index is 1120. The predicted octanol–water partition coefficient (Wildman–Crippen LogP) is 4.07. The van der Waals surface area contributed by atoms with E-state index in [0.29, 0.717) is 24.7 Å². The van der Waals surface area contributed by atoms with Gasteiger partial charge in [0.1, 0.15) is 0 Å². The lowest BCUT2D eigenvalue weighted by Gasteiger charge is -2.30. The van der Waals surface area contributed by atoms with Gasteiger partial charge < -0.3 is 10.1 Å². The van der Waals surface area contributed by atoms with Crippen LogP contribution in [0.4, 0.5) is 5.69 Å². The summed E-state index contributed by atoms with van der Waals surface area (Å²) in [6.45, 7) is 2.56. The summed E-state index contributed by atoms with van der Waals surface area (Å²) >= 11 is 0. The fourth-order valence-corrected chi connectivity index (χ4v) is 6.24. The molecule has 0 radical (unpaired) electrons. The van der Waals surface area contributed by atoms with Crippen molar-refractivity contribution in [2.75, 3.05) is 17.4 Å². The van der Waals surface area contributed by atoms with E-state index in [2.05, 4.69) is 5.32 Å². The van der Waals surface area contributed by atoms with E-state index in [4.69, 9.17) is 4.74 Å². The van der Waals surface area contributed by atoms with Gasteiger partial charge in [0, 0.05) is 13.1 Å². The summed E-state index contributed by atoms with van der Waals surface area (Å²) in [6.07, 6.45) is 6.55. The highest BCUT2D eigenvalue weighted by Crippen LogP contribution is 2.31. The minimum atomic E-state index is -3.76. The van der Waals surface area contributed by atoms with E-state index in [9.17, 15) is 18.0 Å². The molecule has 0 saturated heterocycles. The van der Waals surface area contributed by atoms with Gasteiger partial charge in [0.15, 0.2) is 6.10 Å². The first kappa shape index (κ1) is 24.3. The van der Waals surface area contributed by atoms with Crippen molar-refractivity contribution in [1.29, 1.82) is 0 Å². The Kier molecular flexibility index (Phi) is 7.56. The Morgan fingerprint density at radius 2 is 1.74 bits per heavy atom. The van der Waals surface area contributed by atoms with E-state index in [1.54, 1.807) is 6.92 Å². The summed E-state index contributed by atoms with van der Waals surface area (Å²) in [5.41, 5.74) is 1.91. The molecule has 7 nitrogen and oxygen atoms in total. The number of aryl methyl sites for hydroxylation is 1. The van der Waals surface area contributed by atoms with E-state index < -0.39 is 22.1 Å². The number of hydrogen-bond acceptors (Lipinski definition) is 5. The highest BCUT2D eigenvalue weighted by Gasteiger charge is 2.29. The van der Waals surface area contributed by atoms with Gasteiger partial charge in [0.25, 0.3) is 15.9 Å². The summed E-state index contributed by atoms with van der Waals surface area (Å²) in [5.74, 6) is -0.489. The van der Waals surface area contributed by atoms with Crippen molar-refractivity contribution >= 4 is 27.6 Å². The monoisotopic (exact) mass is 484 g/mol. The van der Waals surface area contributed by atoms with Crippen LogP contribution in [0.3, 0.4) is 0 Å². The van der Waals surface area contributed by atoms with Gasteiger partial charge in [0.05, 0.1) is 16.1 Å². The van der Waals surface area contributed by atoms with Crippen molar-refractivity contribution in [3.63, 3.8) is 0 Å². The van der Waals surface area contributed by atoms with Crippen LogP contribution in [0.25, 0.3) is 0 Å². The Balaban J connectivity index is 1.37. The highest BCUT2D eigenvalue weighted by molar-refractivity contribution is 7.92. The zero-order valence-corrected chi connectivity index (χ0v) is 20.4. The van der Waals surface area contributed by atoms with Gasteiger partial charge >= 0.3 is 5.97 Å². The van der Waals surface area contributed by atoms with Crippen molar-refractivity contribution in [3.05, 3.63) is 59.7 Å². The van der Waals surface area contributed by atoms with Crippen LogP contribution in [0, 0.1) is 5.92 Å². The van der Waals surface area contributed by atoms with Gasteiger partial charge in [-0.1, -0.05) is 37.5 Å². The van der Waals surface area contributed by atoms with E-state index in [1.165, 1.54) is 47.8 Å². The fourth-order valence-electron chi connectivity index (χ4n) is 4.70. The maximum absolute atomic E-state index is 13.3. The Labute approximate surface area is 201 Å². The zero-order chi connectivity index (χ0) is 24.1. The fraction of sp³-hybridized carbons (Fsp3) is 0.462. The molecule has 4 rings (SSSR count). The molecule has 1 atom stereocenters. The molecule has 1 N–H and O–H groups in total. The lowest BCUT2D eigenvalue weighted by molar-refractivity contribution is -0.129. The first-order valence-electron chi connectivity index (χ1n) is 12.1. The number of para-hydroxylation sites is 1. The number of rotatable bonds is 7. The summed E-state index contributed by atoms with van der Waals surface area (Å²) in [6, 6.07) is 13.2. The molecular formula is C26H32N2O5S. The van der Waals surface area contributed by atoms with Crippen LogP contribution >= 0.6 is 0 Å². The summed E-state index contributed by atoms with van der Waals surface area (Å²) < 4.78 is 33.3. The molecule has 0 unspecified atom stereocenters. The van der Waals surface area contributed by atoms with Gasteiger partial charge in [-0.15, -0.1) is 0 Å². The third kappa shape index (κ3) is 5.43. The molecule has 1 aliphatic heterocycles. The van der Waals surface area contributed by atoms with Crippen molar-refractivity contribution in [3.8, 4) is 0 Å². The van der Waals surface area contributed by atoms with Crippen LogP contribution < -0.4 is 9.62 Å². The molecule has 0 spiro atoms. The van der Waals surface area contributed by atoms with Crippen LogP contribution in [0.5, 0.6) is 0 Å².